The number of benzene rings is 1. The molecule has 1 aromatic carbocycles. The molecule has 3 heterocycles. The van der Waals surface area contributed by atoms with Crippen molar-refractivity contribution in [1.29, 1.82) is 0 Å². The van der Waals surface area contributed by atoms with Gasteiger partial charge in [-0.05, 0) is 17.7 Å². The third-order valence-electron chi connectivity index (χ3n) is 5.17. The zero-order valence-corrected chi connectivity index (χ0v) is 17.6. The quantitative estimate of drug-likeness (QED) is 0.703. The van der Waals surface area contributed by atoms with Gasteiger partial charge in [0.2, 0.25) is 10.0 Å². The lowest BCUT2D eigenvalue weighted by Crippen LogP contribution is -2.49. The number of ether oxygens (including phenoxy) is 1. The van der Waals surface area contributed by atoms with Gasteiger partial charge in [-0.15, -0.1) is 0 Å². The summed E-state index contributed by atoms with van der Waals surface area (Å²) in [6, 6.07) is 8.97. The van der Waals surface area contributed by atoms with Gasteiger partial charge in [0.25, 0.3) is 0 Å². The Balaban J connectivity index is 1.39. The number of morpholine rings is 1. The van der Waals surface area contributed by atoms with Gasteiger partial charge < -0.3 is 14.5 Å². The third kappa shape index (κ3) is 4.98. The van der Waals surface area contributed by atoms with Crippen LogP contribution in [0, 0.1) is 0 Å². The summed E-state index contributed by atoms with van der Waals surface area (Å²) >= 11 is 5.98. The molecule has 2 saturated heterocycles. The van der Waals surface area contributed by atoms with E-state index >= 15 is 0 Å². The van der Waals surface area contributed by atoms with Crippen LogP contribution >= 0.6 is 11.6 Å². The molecule has 8 nitrogen and oxygen atoms in total. The van der Waals surface area contributed by atoms with Crippen LogP contribution in [0.1, 0.15) is 5.56 Å². The van der Waals surface area contributed by atoms with E-state index in [-0.39, 0.29) is 5.75 Å². The number of hydrogen-bond donors (Lipinski definition) is 0. The van der Waals surface area contributed by atoms with Crippen LogP contribution in [0.15, 0.2) is 36.7 Å². The number of anilines is 2. The average Bonchev–Trinajstić information content (AvgIpc) is 2.74. The Morgan fingerprint density at radius 1 is 0.931 bits per heavy atom. The summed E-state index contributed by atoms with van der Waals surface area (Å²) in [4.78, 5) is 13.1. The Morgan fingerprint density at radius 3 is 2.24 bits per heavy atom. The van der Waals surface area contributed by atoms with E-state index in [9.17, 15) is 8.42 Å². The molecule has 29 heavy (non-hydrogen) atoms. The first-order chi connectivity index (χ1) is 14.0. The second-order valence-electron chi connectivity index (χ2n) is 7.11. The van der Waals surface area contributed by atoms with Crippen LogP contribution in [0.5, 0.6) is 0 Å². The number of aromatic nitrogens is 2. The summed E-state index contributed by atoms with van der Waals surface area (Å²) in [5.74, 6) is 1.67. The Kier molecular flexibility index (Phi) is 6.19. The Bertz CT molecular complexity index is 944. The Morgan fingerprint density at radius 2 is 1.59 bits per heavy atom. The van der Waals surface area contributed by atoms with Gasteiger partial charge in [-0.1, -0.05) is 23.7 Å². The van der Waals surface area contributed by atoms with E-state index in [1.54, 1.807) is 34.9 Å². The van der Waals surface area contributed by atoms with E-state index in [0.29, 0.717) is 50.0 Å². The summed E-state index contributed by atoms with van der Waals surface area (Å²) in [6.45, 7) is 5.06. The minimum atomic E-state index is -3.39. The molecule has 156 valence electrons. The van der Waals surface area contributed by atoms with E-state index in [0.717, 1.165) is 24.7 Å². The van der Waals surface area contributed by atoms with Gasteiger partial charge in [-0.25, -0.2) is 18.4 Å². The van der Waals surface area contributed by atoms with Gasteiger partial charge in [-0.3, -0.25) is 0 Å². The number of piperazine rings is 1. The van der Waals surface area contributed by atoms with E-state index in [2.05, 4.69) is 19.8 Å². The average molecular weight is 438 g/mol. The molecule has 0 atom stereocenters. The fourth-order valence-corrected chi connectivity index (χ4v) is 5.32. The number of nitrogens with zero attached hydrogens (tertiary/aromatic N) is 5. The van der Waals surface area contributed by atoms with Crippen molar-refractivity contribution in [3.05, 3.63) is 47.2 Å². The van der Waals surface area contributed by atoms with Gasteiger partial charge in [0.15, 0.2) is 0 Å². The minimum absolute atomic E-state index is 0.0394. The maximum absolute atomic E-state index is 12.8. The zero-order valence-electron chi connectivity index (χ0n) is 16.1. The van der Waals surface area contributed by atoms with Crippen molar-refractivity contribution < 1.29 is 13.2 Å². The lowest BCUT2D eigenvalue weighted by atomic mass is 10.2. The van der Waals surface area contributed by atoms with Crippen LogP contribution in [0.25, 0.3) is 0 Å². The molecular formula is C19H24ClN5O3S. The SMILES string of the molecule is O=S(=O)(Cc1cccc(Cl)c1)N1CCN(c2cc(N3CCOCC3)ncn2)CC1. The Hall–Kier alpha value is -1.94. The van der Waals surface area contributed by atoms with Gasteiger partial charge in [0, 0.05) is 50.4 Å². The number of halogens is 1. The van der Waals surface area contributed by atoms with Crippen molar-refractivity contribution >= 4 is 33.3 Å². The summed E-state index contributed by atoms with van der Waals surface area (Å²) in [5.41, 5.74) is 0.700. The number of hydrogen-bond acceptors (Lipinski definition) is 7. The topological polar surface area (TPSA) is 78.9 Å². The zero-order chi connectivity index (χ0) is 20.3. The highest BCUT2D eigenvalue weighted by atomic mass is 35.5. The van der Waals surface area contributed by atoms with E-state index < -0.39 is 10.0 Å². The van der Waals surface area contributed by atoms with E-state index in [1.165, 1.54) is 0 Å². The lowest BCUT2D eigenvalue weighted by molar-refractivity contribution is 0.122. The van der Waals surface area contributed by atoms with Crippen molar-refractivity contribution in [2.45, 2.75) is 5.75 Å². The molecule has 0 N–H and O–H groups in total. The molecule has 0 aliphatic carbocycles. The highest BCUT2D eigenvalue weighted by Crippen LogP contribution is 2.22. The van der Waals surface area contributed by atoms with Crippen LogP contribution in [0.2, 0.25) is 5.02 Å². The lowest BCUT2D eigenvalue weighted by Gasteiger charge is -2.35. The number of sulfonamides is 1. The monoisotopic (exact) mass is 437 g/mol. The molecule has 0 unspecified atom stereocenters. The summed E-state index contributed by atoms with van der Waals surface area (Å²) < 4.78 is 32.5. The molecule has 0 bridgehead atoms. The molecule has 2 aliphatic rings. The van der Waals surface area contributed by atoms with Crippen LogP contribution in [-0.2, 0) is 20.5 Å². The first-order valence-electron chi connectivity index (χ1n) is 9.63. The van der Waals surface area contributed by atoms with Gasteiger partial charge in [0.05, 0.1) is 19.0 Å². The van der Waals surface area contributed by atoms with E-state index in [1.807, 2.05) is 6.07 Å². The smallest absolute Gasteiger partial charge is 0.218 e. The molecule has 0 spiro atoms. The van der Waals surface area contributed by atoms with Gasteiger partial charge >= 0.3 is 0 Å². The van der Waals surface area contributed by atoms with Crippen LogP contribution in [0.3, 0.4) is 0 Å². The van der Waals surface area contributed by atoms with Crippen molar-refractivity contribution in [1.82, 2.24) is 14.3 Å². The fraction of sp³-hybridized carbons (Fsp3) is 0.474. The molecule has 10 heteroatoms. The second kappa shape index (κ2) is 8.83. The fourth-order valence-electron chi connectivity index (χ4n) is 3.60. The maximum atomic E-state index is 12.8. The van der Waals surface area contributed by atoms with Crippen molar-refractivity contribution in [3.63, 3.8) is 0 Å². The minimum Gasteiger partial charge on any atom is -0.378 e. The first kappa shape index (κ1) is 20.3. The molecule has 2 aliphatic heterocycles. The van der Waals surface area contributed by atoms with Crippen molar-refractivity contribution in [2.24, 2.45) is 0 Å². The van der Waals surface area contributed by atoms with Crippen LogP contribution in [-0.4, -0.2) is 75.2 Å². The third-order valence-corrected chi connectivity index (χ3v) is 7.25. The largest absolute Gasteiger partial charge is 0.378 e. The molecule has 0 saturated carbocycles. The van der Waals surface area contributed by atoms with E-state index in [4.69, 9.17) is 16.3 Å². The maximum Gasteiger partial charge on any atom is 0.218 e. The van der Waals surface area contributed by atoms with Crippen LogP contribution < -0.4 is 9.80 Å². The molecule has 1 aromatic heterocycles. The predicted octanol–water partition coefficient (Wildman–Crippen LogP) is 1.62. The molecule has 2 fully saturated rings. The number of rotatable bonds is 5. The first-order valence-corrected chi connectivity index (χ1v) is 11.6. The normalized spacial score (nSPS) is 18.8. The van der Waals surface area contributed by atoms with Gasteiger partial charge in [-0.2, -0.15) is 4.31 Å². The second-order valence-corrected chi connectivity index (χ2v) is 9.51. The van der Waals surface area contributed by atoms with Crippen LogP contribution in [0.4, 0.5) is 11.6 Å². The summed E-state index contributed by atoms with van der Waals surface area (Å²) in [6.07, 6.45) is 1.57. The molecular weight excluding hydrogens is 414 g/mol. The Labute approximate surface area is 176 Å². The predicted molar refractivity (Wildman–Crippen MR) is 113 cm³/mol. The summed E-state index contributed by atoms with van der Waals surface area (Å²) in [7, 11) is -3.39. The molecule has 0 radical (unpaired) electrons. The molecule has 0 amide bonds. The molecule has 2 aromatic rings. The highest BCUT2D eigenvalue weighted by molar-refractivity contribution is 7.88. The summed E-state index contributed by atoms with van der Waals surface area (Å²) in [5, 5.41) is 0.544. The standard InChI is InChI=1S/C19H24ClN5O3S/c20-17-3-1-2-16(12-17)14-29(26,27)25-6-4-23(5-7-25)18-13-19(22-15-21-18)24-8-10-28-11-9-24/h1-3,12-13,15H,4-11,14H2. The van der Waals surface area contributed by atoms with Gasteiger partial charge in [0.1, 0.15) is 18.0 Å². The van der Waals surface area contributed by atoms with Crippen molar-refractivity contribution in [2.75, 3.05) is 62.3 Å². The van der Waals surface area contributed by atoms with Crippen molar-refractivity contribution in [3.8, 4) is 0 Å². The molecule has 4 rings (SSSR count). The highest BCUT2D eigenvalue weighted by Gasteiger charge is 2.28.